The Kier molecular flexibility index (Phi) is 8.86. The summed E-state index contributed by atoms with van der Waals surface area (Å²) in [6.07, 6.45) is -3.01. The summed E-state index contributed by atoms with van der Waals surface area (Å²) in [4.78, 5) is 18.8. The molecule has 0 bridgehead atoms. The number of carbonyl (C=O) groups excluding carboxylic acids is 1. The third kappa shape index (κ3) is 6.56. The molecule has 13 heteroatoms. The number of ether oxygens (including phenoxy) is 4. The van der Waals surface area contributed by atoms with Crippen molar-refractivity contribution in [3.63, 3.8) is 0 Å². The van der Waals surface area contributed by atoms with Crippen LogP contribution in [0.3, 0.4) is 0 Å². The Balaban J connectivity index is 1.41. The highest BCUT2D eigenvalue weighted by Gasteiger charge is 2.52. The van der Waals surface area contributed by atoms with Crippen LogP contribution in [0.5, 0.6) is 11.5 Å². The minimum absolute atomic E-state index is 0.0379. The fourth-order valence-electron chi connectivity index (χ4n) is 4.76. The summed E-state index contributed by atoms with van der Waals surface area (Å²) >= 11 is 0. The molecule has 5 N–H and O–H groups in total. The summed E-state index contributed by atoms with van der Waals surface area (Å²) in [5, 5.41) is 17.4. The fraction of sp³-hybridized carbons (Fsp3) is 0.538. The predicted octanol–water partition coefficient (Wildman–Crippen LogP) is 2.17. The molecule has 0 aliphatic carbocycles. The number of methoxy groups -OCH3 is 1. The van der Waals surface area contributed by atoms with Gasteiger partial charge in [0.25, 0.3) is 0 Å². The minimum atomic E-state index is -3.69. The number of nitrogens with one attached hydrogen (secondary N) is 2. The number of hydrogen-bond donors (Lipinski definition) is 4. The van der Waals surface area contributed by atoms with Crippen LogP contribution in [0.25, 0.3) is 0 Å². The van der Waals surface area contributed by atoms with E-state index in [1.165, 1.54) is 12.1 Å². The summed E-state index contributed by atoms with van der Waals surface area (Å²) in [5.74, 6) is -0.383. The number of halogens is 2. The Morgan fingerprint density at radius 2 is 2.00 bits per heavy atom. The molecule has 2 aliphatic heterocycles. The lowest BCUT2D eigenvalue weighted by atomic mass is 9.81. The van der Waals surface area contributed by atoms with Gasteiger partial charge >= 0.3 is 12.3 Å². The highest BCUT2D eigenvalue weighted by molar-refractivity contribution is 5.77. The number of esters is 1. The van der Waals surface area contributed by atoms with E-state index in [0.717, 1.165) is 5.56 Å². The number of likely N-dealkylation sites (tertiary alicyclic amines) is 1. The average Bonchev–Trinajstić information content (AvgIpc) is 3.21. The summed E-state index contributed by atoms with van der Waals surface area (Å²) in [5.41, 5.74) is 7.46. The molecule has 0 radical (unpaired) electrons. The van der Waals surface area contributed by atoms with Gasteiger partial charge in [-0.1, -0.05) is 6.07 Å². The summed E-state index contributed by atoms with van der Waals surface area (Å²) in [6, 6.07) is 6.92. The lowest BCUT2D eigenvalue weighted by Crippen LogP contribution is -2.69. The van der Waals surface area contributed by atoms with Crippen LogP contribution in [0, 0.1) is 5.92 Å². The largest absolute Gasteiger partial charge is 0.586 e. The molecule has 11 nitrogen and oxygen atoms in total. The van der Waals surface area contributed by atoms with Crippen LogP contribution in [0.4, 0.5) is 14.6 Å². The van der Waals surface area contributed by atoms with Crippen molar-refractivity contribution in [2.45, 2.75) is 64.1 Å². The molecule has 6 atom stereocenters. The zero-order valence-corrected chi connectivity index (χ0v) is 22.3. The number of aliphatic hydroxyl groups is 1. The Bertz CT molecular complexity index is 1160. The number of pyridine rings is 1. The number of anilines is 1. The fourth-order valence-corrected chi connectivity index (χ4v) is 4.76. The quantitative estimate of drug-likeness (QED) is 0.228. The highest BCUT2D eigenvalue weighted by Crippen LogP contribution is 2.42. The summed E-state index contributed by atoms with van der Waals surface area (Å²) < 4.78 is 46.4. The van der Waals surface area contributed by atoms with Crippen LogP contribution < -0.4 is 25.8 Å². The van der Waals surface area contributed by atoms with E-state index in [1.807, 2.05) is 26.0 Å². The number of carbonyl (C=O) groups is 1. The molecule has 0 spiro atoms. The minimum Gasteiger partial charge on any atom is -0.465 e. The molecule has 1 aromatic heterocycles. The molecule has 1 fully saturated rings. The van der Waals surface area contributed by atoms with Crippen molar-refractivity contribution in [1.29, 1.82) is 0 Å². The molecule has 0 saturated carbocycles. The molecule has 2 aromatic rings. The maximum absolute atomic E-state index is 13.4. The Labute approximate surface area is 225 Å². The van der Waals surface area contributed by atoms with E-state index in [9.17, 15) is 18.7 Å². The van der Waals surface area contributed by atoms with Gasteiger partial charge in [-0.25, -0.2) is 4.98 Å². The summed E-state index contributed by atoms with van der Waals surface area (Å²) in [7, 11) is 1.55. The van der Waals surface area contributed by atoms with Gasteiger partial charge in [-0.05, 0) is 62.6 Å². The van der Waals surface area contributed by atoms with E-state index in [0.29, 0.717) is 17.8 Å². The van der Waals surface area contributed by atoms with Gasteiger partial charge < -0.3 is 35.1 Å². The zero-order valence-electron chi connectivity index (χ0n) is 22.3. The third-order valence-electron chi connectivity index (χ3n) is 6.84. The number of alkyl halides is 2. The van der Waals surface area contributed by atoms with Crippen LogP contribution in [-0.2, 0) is 20.7 Å². The molecule has 5 unspecified atom stereocenters. The van der Waals surface area contributed by atoms with E-state index < -0.39 is 36.7 Å². The van der Waals surface area contributed by atoms with Crippen LogP contribution in [-0.4, -0.2) is 72.2 Å². The normalized spacial score (nSPS) is 23.9. The number of rotatable bonds is 12. The molecule has 2 aliphatic rings. The lowest BCUT2D eigenvalue weighted by molar-refractivity contribution is -0.286. The standard InChI is InChI=1S/C26H35F2N5O6/c1-5-37-25(35)22-18(10-16-8-9-30-21(11-16)32-23(36-4)14(2)29)24(34)33(22)13-31-15(3)17-6-7-19-20(12-17)39-26(27,28)38-19/h6-9,11-12,14-15,18,22-24,31,34H,5,10,13,29H2,1-4H3,(H,30,32)/t14?,15?,18-,22?,23?,24?/m1/s1. The number of fused-ring (bicyclic) bond motifs is 1. The van der Waals surface area contributed by atoms with Crippen LogP contribution in [0.2, 0.25) is 0 Å². The van der Waals surface area contributed by atoms with Gasteiger partial charge in [-0.15, -0.1) is 8.78 Å². The highest BCUT2D eigenvalue weighted by atomic mass is 19.3. The third-order valence-corrected chi connectivity index (χ3v) is 6.84. The molecule has 1 aromatic carbocycles. The second kappa shape index (κ2) is 12.0. The second-order valence-corrected chi connectivity index (χ2v) is 9.66. The smallest absolute Gasteiger partial charge is 0.465 e. The van der Waals surface area contributed by atoms with Crippen molar-refractivity contribution < 1.29 is 37.6 Å². The first kappa shape index (κ1) is 28.9. The van der Waals surface area contributed by atoms with E-state index in [-0.39, 0.29) is 36.9 Å². The van der Waals surface area contributed by atoms with Gasteiger partial charge in [0.2, 0.25) is 0 Å². The number of nitrogens with two attached hydrogens (primary N) is 1. The van der Waals surface area contributed by atoms with E-state index >= 15 is 0 Å². The molecule has 39 heavy (non-hydrogen) atoms. The topological polar surface area (TPSA) is 140 Å². The summed E-state index contributed by atoms with van der Waals surface area (Å²) in [6.45, 7) is 5.73. The SMILES string of the molecule is CCOC(=O)C1[C@@H](Cc2ccnc(NC(OC)C(C)N)c2)C(O)N1CNC(C)c1ccc2c(c1)OC(F)(F)O2. The Morgan fingerprint density at radius 1 is 1.26 bits per heavy atom. The van der Waals surface area contributed by atoms with Gasteiger partial charge in [-0.2, -0.15) is 0 Å². The van der Waals surface area contributed by atoms with Crippen molar-refractivity contribution >= 4 is 11.8 Å². The number of nitrogens with zero attached hydrogens (tertiary/aromatic N) is 2. The monoisotopic (exact) mass is 551 g/mol. The van der Waals surface area contributed by atoms with E-state index in [1.54, 1.807) is 31.2 Å². The molecular formula is C26H35F2N5O6. The van der Waals surface area contributed by atoms with Crippen LogP contribution in [0.1, 0.15) is 37.9 Å². The van der Waals surface area contributed by atoms with Crippen LogP contribution in [0.15, 0.2) is 36.5 Å². The molecule has 1 saturated heterocycles. The van der Waals surface area contributed by atoms with Gasteiger partial charge in [-0.3, -0.25) is 15.0 Å². The number of hydrogen-bond acceptors (Lipinski definition) is 11. The number of aliphatic hydroxyl groups excluding tert-OH is 1. The average molecular weight is 552 g/mol. The van der Waals surface area contributed by atoms with E-state index in [4.69, 9.17) is 15.2 Å². The second-order valence-electron chi connectivity index (χ2n) is 9.66. The maximum Gasteiger partial charge on any atom is 0.586 e. The molecule has 4 rings (SSSR count). The van der Waals surface area contributed by atoms with Crippen molar-refractivity contribution in [2.75, 3.05) is 25.7 Å². The van der Waals surface area contributed by atoms with Crippen molar-refractivity contribution in [3.05, 3.63) is 47.7 Å². The molecule has 214 valence electrons. The Morgan fingerprint density at radius 3 is 2.69 bits per heavy atom. The van der Waals surface area contributed by atoms with Gasteiger partial charge in [0.1, 0.15) is 24.3 Å². The first-order chi connectivity index (χ1) is 18.5. The molecule has 0 amide bonds. The van der Waals surface area contributed by atoms with Gasteiger partial charge in [0.15, 0.2) is 11.5 Å². The van der Waals surface area contributed by atoms with Gasteiger partial charge in [0, 0.05) is 31.3 Å². The zero-order chi connectivity index (χ0) is 28.3. The number of aromatic nitrogens is 1. The first-order valence-corrected chi connectivity index (χ1v) is 12.8. The first-order valence-electron chi connectivity index (χ1n) is 12.8. The predicted molar refractivity (Wildman–Crippen MR) is 137 cm³/mol. The number of benzene rings is 1. The van der Waals surface area contributed by atoms with E-state index in [2.05, 4.69) is 25.1 Å². The maximum atomic E-state index is 13.4. The molecule has 3 heterocycles. The van der Waals surface area contributed by atoms with Crippen LogP contribution >= 0.6 is 0 Å². The molecular weight excluding hydrogens is 516 g/mol. The van der Waals surface area contributed by atoms with Gasteiger partial charge in [0.05, 0.1) is 13.3 Å². The Hall–Kier alpha value is -3.10. The van der Waals surface area contributed by atoms with Crippen molar-refractivity contribution in [3.8, 4) is 11.5 Å². The van der Waals surface area contributed by atoms with Crippen molar-refractivity contribution in [1.82, 2.24) is 15.2 Å². The van der Waals surface area contributed by atoms with Crippen molar-refractivity contribution in [2.24, 2.45) is 11.7 Å². The lowest BCUT2D eigenvalue weighted by Gasteiger charge is -2.51.